The summed E-state index contributed by atoms with van der Waals surface area (Å²) in [5.74, 6) is 1.18. The molecule has 0 atom stereocenters. The van der Waals surface area contributed by atoms with Crippen molar-refractivity contribution >= 4 is 34.9 Å². The molecule has 1 aromatic heterocycles. The first-order valence-corrected chi connectivity index (χ1v) is 6.82. The summed E-state index contributed by atoms with van der Waals surface area (Å²) in [7, 11) is 1.55. The number of fused-ring (bicyclic) bond motifs is 1. The third-order valence-electron chi connectivity index (χ3n) is 3.34. The molecule has 0 amide bonds. The molecule has 0 aliphatic carbocycles. The highest BCUT2D eigenvalue weighted by Crippen LogP contribution is 2.26. The Morgan fingerprint density at radius 1 is 1.18 bits per heavy atom. The number of rotatable bonds is 2. The molecule has 2 aromatic carbocycles. The minimum absolute atomic E-state index is 0. The maximum atomic E-state index is 12.7. The Hall–Kier alpha value is -2.04. The van der Waals surface area contributed by atoms with Crippen LogP contribution in [-0.4, -0.2) is 16.7 Å². The Balaban J connectivity index is 0.00000176. The smallest absolute Gasteiger partial charge is 0.265 e. The van der Waals surface area contributed by atoms with Crippen LogP contribution in [0, 0.1) is 6.92 Å². The van der Waals surface area contributed by atoms with Crippen molar-refractivity contribution in [2.24, 2.45) is 0 Å². The number of halogens is 2. The Bertz CT molecular complexity index is 891. The van der Waals surface area contributed by atoms with E-state index in [2.05, 4.69) is 4.98 Å². The number of methoxy groups -OCH3 is 1. The molecule has 0 spiro atoms. The van der Waals surface area contributed by atoms with Crippen LogP contribution in [0.5, 0.6) is 5.75 Å². The molecule has 0 radical (unpaired) electrons. The van der Waals surface area contributed by atoms with Gasteiger partial charge in [-0.05, 0) is 37.3 Å². The standard InChI is InChI=1S/C16H13ClN2O2.ClH/c1-10-18-14-6-4-3-5-12(14)16(20)19(10)11-7-8-15(21-2)13(17)9-11;/h3-9H,1-2H3;1H. The van der Waals surface area contributed by atoms with Gasteiger partial charge in [0.15, 0.2) is 0 Å². The van der Waals surface area contributed by atoms with Crippen LogP contribution in [0.1, 0.15) is 5.82 Å². The molecule has 0 aliphatic rings. The quantitative estimate of drug-likeness (QED) is 0.715. The van der Waals surface area contributed by atoms with Gasteiger partial charge in [0.05, 0.1) is 28.7 Å². The molecule has 1 heterocycles. The van der Waals surface area contributed by atoms with E-state index < -0.39 is 0 Å². The van der Waals surface area contributed by atoms with Gasteiger partial charge in [-0.3, -0.25) is 9.36 Å². The van der Waals surface area contributed by atoms with Crippen LogP contribution in [0.2, 0.25) is 5.02 Å². The summed E-state index contributed by atoms with van der Waals surface area (Å²) in [6.45, 7) is 1.80. The van der Waals surface area contributed by atoms with E-state index >= 15 is 0 Å². The minimum Gasteiger partial charge on any atom is -0.495 e. The van der Waals surface area contributed by atoms with Gasteiger partial charge < -0.3 is 4.74 Å². The molecule has 0 bridgehead atoms. The van der Waals surface area contributed by atoms with Crippen LogP contribution >= 0.6 is 24.0 Å². The SMILES string of the molecule is COc1ccc(-n2c(C)nc3ccccc3c2=O)cc1Cl.Cl. The zero-order valence-electron chi connectivity index (χ0n) is 12.0. The van der Waals surface area contributed by atoms with Crippen molar-refractivity contribution in [1.82, 2.24) is 9.55 Å². The Kier molecular flexibility index (Phi) is 4.74. The van der Waals surface area contributed by atoms with E-state index in [-0.39, 0.29) is 18.0 Å². The lowest BCUT2D eigenvalue weighted by Crippen LogP contribution is -2.22. The second-order valence-corrected chi connectivity index (χ2v) is 5.04. The normalized spacial score (nSPS) is 10.3. The van der Waals surface area contributed by atoms with Crippen molar-refractivity contribution in [1.29, 1.82) is 0 Å². The molecule has 0 saturated carbocycles. The third-order valence-corrected chi connectivity index (χ3v) is 3.63. The van der Waals surface area contributed by atoms with Crippen LogP contribution in [-0.2, 0) is 0 Å². The molecule has 6 heteroatoms. The lowest BCUT2D eigenvalue weighted by atomic mass is 10.2. The molecule has 3 rings (SSSR count). The zero-order valence-corrected chi connectivity index (χ0v) is 13.6. The average molecular weight is 337 g/mol. The molecule has 0 saturated heterocycles. The Labute approximate surface area is 138 Å². The first-order valence-electron chi connectivity index (χ1n) is 6.44. The number of aromatic nitrogens is 2. The van der Waals surface area contributed by atoms with Gasteiger partial charge in [-0.1, -0.05) is 23.7 Å². The summed E-state index contributed by atoms with van der Waals surface area (Å²) >= 11 is 6.14. The van der Waals surface area contributed by atoms with Crippen molar-refractivity contribution in [3.05, 3.63) is 63.7 Å². The molecule has 22 heavy (non-hydrogen) atoms. The highest BCUT2D eigenvalue weighted by Gasteiger charge is 2.11. The van der Waals surface area contributed by atoms with Crippen LogP contribution in [0.15, 0.2) is 47.3 Å². The van der Waals surface area contributed by atoms with E-state index in [0.29, 0.717) is 33.2 Å². The van der Waals surface area contributed by atoms with Gasteiger partial charge in [0.1, 0.15) is 11.6 Å². The summed E-state index contributed by atoms with van der Waals surface area (Å²) in [5.41, 5.74) is 1.25. The maximum absolute atomic E-state index is 12.7. The summed E-state index contributed by atoms with van der Waals surface area (Å²) in [5, 5.41) is 1.03. The van der Waals surface area contributed by atoms with Gasteiger partial charge in [0, 0.05) is 0 Å². The molecular formula is C16H14Cl2N2O2. The summed E-state index contributed by atoms with van der Waals surface area (Å²) in [6, 6.07) is 12.5. The molecule has 0 unspecified atom stereocenters. The number of para-hydroxylation sites is 1. The van der Waals surface area contributed by atoms with E-state index in [1.165, 1.54) is 0 Å². The summed E-state index contributed by atoms with van der Waals surface area (Å²) in [6.07, 6.45) is 0. The molecule has 3 aromatic rings. The maximum Gasteiger partial charge on any atom is 0.265 e. The van der Waals surface area contributed by atoms with Gasteiger partial charge in [-0.2, -0.15) is 0 Å². The Morgan fingerprint density at radius 2 is 1.91 bits per heavy atom. The first-order chi connectivity index (χ1) is 10.1. The Morgan fingerprint density at radius 3 is 2.59 bits per heavy atom. The van der Waals surface area contributed by atoms with Gasteiger partial charge in [0.25, 0.3) is 5.56 Å². The number of hydrogen-bond acceptors (Lipinski definition) is 3. The lowest BCUT2D eigenvalue weighted by Gasteiger charge is -2.12. The van der Waals surface area contributed by atoms with Gasteiger partial charge >= 0.3 is 0 Å². The highest BCUT2D eigenvalue weighted by atomic mass is 35.5. The second-order valence-electron chi connectivity index (χ2n) is 4.64. The van der Waals surface area contributed by atoms with Gasteiger partial charge in [0.2, 0.25) is 0 Å². The average Bonchev–Trinajstić information content (AvgIpc) is 2.47. The third kappa shape index (κ3) is 2.67. The van der Waals surface area contributed by atoms with Crippen molar-refractivity contribution in [3.63, 3.8) is 0 Å². The van der Waals surface area contributed by atoms with Crippen LogP contribution in [0.4, 0.5) is 0 Å². The molecule has 0 fully saturated rings. The largest absolute Gasteiger partial charge is 0.495 e. The van der Waals surface area contributed by atoms with Crippen LogP contribution in [0.3, 0.4) is 0 Å². The topological polar surface area (TPSA) is 44.1 Å². The predicted molar refractivity (Wildman–Crippen MR) is 90.9 cm³/mol. The van der Waals surface area contributed by atoms with Gasteiger partial charge in [-0.25, -0.2) is 4.98 Å². The minimum atomic E-state index is -0.112. The van der Waals surface area contributed by atoms with Crippen molar-refractivity contribution in [2.75, 3.05) is 7.11 Å². The summed E-state index contributed by atoms with van der Waals surface area (Å²) < 4.78 is 6.68. The fourth-order valence-electron chi connectivity index (χ4n) is 2.34. The monoisotopic (exact) mass is 336 g/mol. The van der Waals surface area contributed by atoms with E-state index in [0.717, 1.165) is 0 Å². The predicted octanol–water partition coefficient (Wildman–Crippen LogP) is 3.78. The lowest BCUT2D eigenvalue weighted by molar-refractivity contribution is 0.415. The first kappa shape index (κ1) is 16.3. The van der Waals surface area contributed by atoms with Gasteiger partial charge in [-0.15, -0.1) is 12.4 Å². The molecule has 0 aliphatic heterocycles. The second kappa shape index (κ2) is 6.38. The van der Waals surface area contributed by atoms with E-state index in [1.54, 1.807) is 42.9 Å². The van der Waals surface area contributed by atoms with Crippen LogP contribution < -0.4 is 10.3 Å². The number of aryl methyl sites for hydroxylation is 1. The van der Waals surface area contributed by atoms with E-state index in [1.807, 2.05) is 18.2 Å². The zero-order chi connectivity index (χ0) is 15.0. The van der Waals surface area contributed by atoms with Crippen LogP contribution in [0.25, 0.3) is 16.6 Å². The summed E-state index contributed by atoms with van der Waals surface area (Å²) in [4.78, 5) is 17.1. The highest BCUT2D eigenvalue weighted by molar-refractivity contribution is 6.32. The van der Waals surface area contributed by atoms with E-state index in [9.17, 15) is 4.79 Å². The molecular weight excluding hydrogens is 323 g/mol. The number of nitrogens with zero attached hydrogens (tertiary/aromatic N) is 2. The number of ether oxygens (including phenoxy) is 1. The van der Waals surface area contributed by atoms with Crippen molar-refractivity contribution < 1.29 is 4.74 Å². The van der Waals surface area contributed by atoms with Crippen molar-refractivity contribution in [3.8, 4) is 11.4 Å². The van der Waals surface area contributed by atoms with Crippen molar-refractivity contribution in [2.45, 2.75) is 6.92 Å². The molecule has 114 valence electrons. The number of hydrogen-bond donors (Lipinski definition) is 0. The van der Waals surface area contributed by atoms with E-state index in [4.69, 9.17) is 16.3 Å². The number of benzene rings is 2. The molecule has 0 N–H and O–H groups in total. The molecule has 4 nitrogen and oxygen atoms in total. The fourth-order valence-corrected chi connectivity index (χ4v) is 2.59. The fraction of sp³-hybridized carbons (Fsp3) is 0.125.